The molecule has 142 valence electrons. The van der Waals surface area contributed by atoms with Gasteiger partial charge in [-0.15, -0.1) is 0 Å². The molecule has 0 saturated carbocycles. The molecule has 0 saturated heterocycles. The number of rotatable bonds is 8. The van der Waals surface area contributed by atoms with Gasteiger partial charge < -0.3 is 29.7 Å². The Morgan fingerprint density at radius 1 is 1.15 bits per heavy atom. The summed E-state index contributed by atoms with van der Waals surface area (Å²) in [7, 11) is 4.56. The molecule has 1 aromatic carbocycles. The van der Waals surface area contributed by atoms with E-state index in [4.69, 9.17) is 36.3 Å². The van der Waals surface area contributed by atoms with Crippen molar-refractivity contribution in [2.75, 3.05) is 27.9 Å². The van der Waals surface area contributed by atoms with Crippen molar-refractivity contribution in [1.82, 2.24) is 4.98 Å². The molecule has 1 aromatic heterocycles. The molecule has 26 heavy (non-hydrogen) atoms. The minimum absolute atomic E-state index is 0.146. The van der Waals surface area contributed by atoms with E-state index < -0.39 is 5.97 Å². The zero-order valence-electron chi connectivity index (χ0n) is 15.3. The maximum Gasteiger partial charge on any atom is 0.356 e. The number of halogens is 1. The van der Waals surface area contributed by atoms with Crippen molar-refractivity contribution in [3.8, 4) is 28.4 Å². The van der Waals surface area contributed by atoms with Crippen LogP contribution in [0.1, 0.15) is 29.5 Å². The lowest BCUT2D eigenvalue weighted by molar-refractivity contribution is 0.0499. The second kappa shape index (κ2) is 8.82. The van der Waals surface area contributed by atoms with E-state index in [1.54, 1.807) is 12.1 Å². The second-order valence-electron chi connectivity index (χ2n) is 5.39. The fraction of sp³-hybridized carbons (Fsp3) is 0.389. The van der Waals surface area contributed by atoms with Gasteiger partial charge in [0.1, 0.15) is 5.69 Å². The smallest absolute Gasteiger partial charge is 0.356 e. The van der Waals surface area contributed by atoms with Gasteiger partial charge in [0.05, 0.1) is 33.0 Å². The molecule has 1 heterocycles. The topological polar surface area (TPSA) is 95.8 Å². The quantitative estimate of drug-likeness (QED) is 0.679. The normalized spacial score (nSPS) is 10.5. The molecule has 0 bridgehead atoms. The van der Waals surface area contributed by atoms with E-state index in [2.05, 4.69) is 4.98 Å². The van der Waals surface area contributed by atoms with Crippen LogP contribution in [0.2, 0.25) is 5.02 Å². The van der Waals surface area contributed by atoms with Crippen molar-refractivity contribution < 1.29 is 23.7 Å². The summed E-state index contributed by atoms with van der Waals surface area (Å²) in [6, 6.07) is 3.50. The van der Waals surface area contributed by atoms with Crippen LogP contribution in [-0.2, 0) is 11.3 Å². The Bertz CT molecular complexity index is 788. The van der Waals surface area contributed by atoms with Gasteiger partial charge in [0, 0.05) is 23.4 Å². The van der Waals surface area contributed by atoms with E-state index >= 15 is 0 Å². The number of ether oxygens (including phenoxy) is 4. The van der Waals surface area contributed by atoms with Crippen LogP contribution >= 0.6 is 11.6 Å². The van der Waals surface area contributed by atoms with Gasteiger partial charge in [0.25, 0.3) is 0 Å². The Kier molecular flexibility index (Phi) is 6.76. The molecule has 0 spiro atoms. The summed E-state index contributed by atoms with van der Waals surface area (Å²) in [5.41, 5.74) is 7.79. The van der Waals surface area contributed by atoms with E-state index in [1.165, 1.54) is 21.3 Å². The summed E-state index contributed by atoms with van der Waals surface area (Å²) < 4.78 is 21.4. The third kappa shape index (κ3) is 3.59. The molecule has 0 unspecified atom stereocenters. The van der Waals surface area contributed by atoms with Crippen LogP contribution in [0.3, 0.4) is 0 Å². The minimum atomic E-state index is -0.530. The van der Waals surface area contributed by atoms with Crippen LogP contribution in [0.5, 0.6) is 17.2 Å². The molecule has 0 atom stereocenters. The second-order valence-corrected chi connectivity index (χ2v) is 5.77. The standard InChI is InChI=1S/C18H23ClN2O5/c1-5-8-26-18(22)15-14(19)13(11(9-20)21-15)10-6-7-12(23-2)17(25-4)16(10)24-3/h6-7,21H,5,8-9,20H2,1-4H3. The average Bonchev–Trinajstić information content (AvgIpc) is 3.00. The highest BCUT2D eigenvalue weighted by Gasteiger charge is 2.26. The Hall–Kier alpha value is -2.38. The van der Waals surface area contributed by atoms with Crippen molar-refractivity contribution in [3.63, 3.8) is 0 Å². The zero-order valence-corrected chi connectivity index (χ0v) is 16.0. The van der Waals surface area contributed by atoms with Crippen LogP contribution in [-0.4, -0.2) is 38.9 Å². The first-order chi connectivity index (χ1) is 12.5. The van der Waals surface area contributed by atoms with Gasteiger partial charge in [-0.05, 0) is 18.6 Å². The maximum atomic E-state index is 12.3. The first-order valence-electron chi connectivity index (χ1n) is 8.10. The minimum Gasteiger partial charge on any atom is -0.493 e. The van der Waals surface area contributed by atoms with E-state index in [0.29, 0.717) is 47.1 Å². The Morgan fingerprint density at radius 2 is 1.85 bits per heavy atom. The van der Waals surface area contributed by atoms with Crippen molar-refractivity contribution >= 4 is 17.6 Å². The average molecular weight is 383 g/mol. The van der Waals surface area contributed by atoms with Gasteiger partial charge in [-0.25, -0.2) is 4.79 Å². The highest BCUT2D eigenvalue weighted by molar-refractivity contribution is 6.36. The lowest BCUT2D eigenvalue weighted by Crippen LogP contribution is -2.07. The van der Waals surface area contributed by atoms with Crippen LogP contribution in [0, 0.1) is 0 Å². The molecule has 0 radical (unpaired) electrons. The van der Waals surface area contributed by atoms with Gasteiger partial charge in [-0.1, -0.05) is 18.5 Å². The van der Waals surface area contributed by atoms with E-state index in [1.807, 2.05) is 6.92 Å². The Morgan fingerprint density at radius 3 is 2.38 bits per heavy atom. The molecule has 7 nitrogen and oxygen atoms in total. The molecule has 2 aromatic rings. The molecule has 2 rings (SSSR count). The van der Waals surface area contributed by atoms with Gasteiger partial charge in [0.2, 0.25) is 5.75 Å². The third-order valence-electron chi connectivity index (χ3n) is 3.84. The SMILES string of the molecule is CCCOC(=O)c1[nH]c(CN)c(-c2ccc(OC)c(OC)c2OC)c1Cl. The molecule has 0 aliphatic rings. The summed E-state index contributed by atoms with van der Waals surface area (Å²) in [6.07, 6.45) is 0.712. The number of nitrogens with two attached hydrogens (primary N) is 1. The van der Waals surface area contributed by atoms with Gasteiger partial charge >= 0.3 is 5.97 Å². The highest BCUT2D eigenvalue weighted by Crippen LogP contribution is 2.47. The largest absolute Gasteiger partial charge is 0.493 e. The van der Waals surface area contributed by atoms with Crippen molar-refractivity contribution in [3.05, 3.63) is 28.5 Å². The molecule has 0 fully saturated rings. The number of hydrogen-bond acceptors (Lipinski definition) is 6. The first kappa shape index (κ1) is 19.9. The summed E-state index contributed by atoms with van der Waals surface area (Å²) in [5, 5.41) is 0.220. The first-order valence-corrected chi connectivity index (χ1v) is 8.48. The van der Waals surface area contributed by atoms with E-state index in [9.17, 15) is 4.79 Å². The molecular formula is C18H23ClN2O5. The fourth-order valence-corrected chi connectivity index (χ4v) is 3.01. The zero-order chi connectivity index (χ0) is 19.3. The van der Waals surface area contributed by atoms with Crippen LogP contribution in [0.15, 0.2) is 12.1 Å². The van der Waals surface area contributed by atoms with Crippen LogP contribution in [0.4, 0.5) is 0 Å². The number of carbonyl (C=O) groups is 1. The van der Waals surface area contributed by atoms with Crippen molar-refractivity contribution in [1.29, 1.82) is 0 Å². The number of aromatic nitrogens is 1. The predicted molar refractivity (Wildman–Crippen MR) is 99.4 cm³/mol. The monoisotopic (exact) mass is 382 g/mol. The lowest BCUT2D eigenvalue weighted by Gasteiger charge is -2.16. The maximum absolute atomic E-state index is 12.3. The van der Waals surface area contributed by atoms with Gasteiger partial charge in [-0.3, -0.25) is 0 Å². The van der Waals surface area contributed by atoms with Crippen LogP contribution < -0.4 is 19.9 Å². The number of H-pyrrole nitrogens is 1. The molecule has 8 heteroatoms. The van der Waals surface area contributed by atoms with Crippen molar-refractivity contribution in [2.45, 2.75) is 19.9 Å². The number of methoxy groups -OCH3 is 3. The number of nitrogens with one attached hydrogen (secondary N) is 1. The lowest BCUT2D eigenvalue weighted by atomic mass is 10.0. The van der Waals surface area contributed by atoms with Gasteiger partial charge in [-0.2, -0.15) is 0 Å². The van der Waals surface area contributed by atoms with Crippen molar-refractivity contribution in [2.24, 2.45) is 5.73 Å². The summed E-state index contributed by atoms with van der Waals surface area (Å²) in [4.78, 5) is 15.2. The third-order valence-corrected chi connectivity index (χ3v) is 4.21. The molecule has 0 aliphatic carbocycles. The van der Waals surface area contributed by atoms with Crippen LogP contribution in [0.25, 0.3) is 11.1 Å². The fourth-order valence-electron chi connectivity index (χ4n) is 2.67. The van der Waals surface area contributed by atoms with E-state index in [0.717, 1.165) is 0 Å². The van der Waals surface area contributed by atoms with Gasteiger partial charge in [0.15, 0.2) is 11.5 Å². The number of benzene rings is 1. The number of aromatic amines is 1. The highest BCUT2D eigenvalue weighted by atomic mass is 35.5. The molecule has 0 aliphatic heterocycles. The molecule has 3 N–H and O–H groups in total. The summed E-state index contributed by atoms with van der Waals surface area (Å²) in [5.74, 6) is 0.827. The molecule has 0 amide bonds. The summed E-state index contributed by atoms with van der Waals surface area (Å²) in [6.45, 7) is 2.36. The number of hydrogen-bond donors (Lipinski definition) is 2. The summed E-state index contributed by atoms with van der Waals surface area (Å²) >= 11 is 6.50. The Labute approximate surface area is 157 Å². The number of esters is 1. The Balaban J connectivity index is 2.65. The molecular weight excluding hydrogens is 360 g/mol. The van der Waals surface area contributed by atoms with E-state index in [-0.39, 0.29) is 17.3 Å². The predicted octanol–water partition coefficient (Wildman–Crippen LogP) is 3.39. The number of carbonyl (C=O) groups excluding carboxylic acids is 1.